The Balaban J connectivity index is 2.11. The SMILES string of the molecule is CNCCCNC(=O)CCc1ccncc1. The third-order valence-electron chi connectivity index (χ3n) is 2.32. The molecule has 0 radical (unpaired) electrons. The fourth-order valence-electron chi connectivity index (χ4n) is 1.39. The predicted octanol–water partition coefficient (Wildman–Crippen LogP) is 0.740. The van der Waals surface area contributed by atoms with E-state index < -0.39 is 0 Å². The zero-order valence-electron chi connectivity index (χ0n) is 9.70. The van der Waals surface area contributed by atoms with Gasteiger partial charge in [0.25, 0.3) is 0 Å². The lowest BCUT2D eigenvalue weighted by molar-refractivity contribution is -0.121. The Labute approximate surface area is 96.5 Å². The first-order valence-electron chi connectivity index (χ1n) is 5.63. The van der Waals surface area contributed by atoms with Crippen molar-refractivity contribution in [3.63, 3.8) is 0 Å². The van der Waals surface area contributed by atoms with Crippen LogP contribution in [0.2, 0.25) is 0 Å². The molecule has 0 atom stereocenters. The van der Waals surface area contributed by atoms with Gasteiger partial charge < -0.3 is 10.6 Å². The Bertz CT molecular complexity index is 300. The van der Waals surface area contributed by atoms with Gasteiger partial charge in [0, 0.05) is 25.4 Å². The molecule has 0 bridgehead atoms. The van der Waals surface area contributed by atoms with Crippen LogP contribution in [0.5, 0.6) is 0 Å². The van der Waals surface area contributed by atoms with E-state index in [1.807, 2.05) is 19.2 Å². The summed E-state index contributed by atoms with van der Waals surface area (Å²) in [7, 11) is 1.91. The van der Waals surface area contributed by atoms with E-state index in [-0.39, 0.29) is 5.91 Å². The molecule has 0 aromatic carbocycles. The molecule has 88 valence electrons. The molecule has 4 nitrogen and oxygen atoms in total. The molecule has 1 amide bonds. The molecular formula is C12H19N3O. The van der Waals surface area contributed by atoms with Crippen LogP contribution in [-0.2, 0) is 11.2 Å². The van der Waals surface area contributed by atoms with Crippen molar-refractivity contribution in [2.45, 2.75) is 19.3 Å². The van der Waals surface area contributed by atoms with Gasteiger partial charge in [-0.05, 0) is 44.1 Å². The molecule has 0 spiro atoms. The van der Waals surface area contributed by atoms with E-state index in [4.69, 9.17) is 0 Å². The minimum absolute atomic E-state index is 0.118. The molecule has 16 heavy (non-hydrogen) atoms. The Hall–Kier alpha value is -1.42. The third kappa shape index (κ3) is 5.46. The lowest BCUT2D eigenvalue weighted by Crippen LogP contribution is -2.26. The van der Waals surface area contributed by atoms with Crippen molar-refractivity contribution in [1.82, 2.24) is 15.6 Å². The van der Waals surface area contributed by atoms with Gasteiger partial charge in [0.2, 0.25) is 5.91 Å². The second kappa shape index (κ2) is 7.82. The lowest BCUT2D eigenvalue weighted by Gasteiger charge is -2.04. The molecule has 0 aliphatic heterocycles. The standard InChI is InChI=1S/C12H19N3O/c1-13-7-2-8-15-12(16)4-3-11-5-9-14-10-6-11/h5-6,9-10,13H,2-4,7-8H2,1H3,(H,15,16). The van der Waals surface area contributed by atoms with Crippen LogP contribution in [0, 0.1) is 0 Å². The zero-order chi connectivity index (χ0) is 11.6. The summed E-state index contributed by atoms with van der Waals surface area (Å²) in [6.07, 6.45) is 5.79. The highest BCUT2D eigenvalue weighted by Gasteiger charge is 2.00. The van der Waals surface area contributed by atoms with Crippen LogP contribution in [0.25, 0.3) is 0 Å². The first kappa shape index (κ1) is 12.6. The van der Waals surface area contributed by atoms with Gasteiger partial charge in [-0.15, -0.1) is 0 Å². The summed E-state index contributed by atoms with van der Waals surface area (Å²) < 4.78 is 0. The molecule has 0 saturated heterocycles. The van der Waals surface area contributed by atoms with Crippen LogP contribution >= 0.6 is 0 Å². The van der Waals surface area contributed by atoms with Gasteiger partial charge in [0.15, 0.2) is 0 Å². The number of hydrogen-bond acceptors (Lipinski definition) is 3. The minimum atomic E-state index is 0.118. The van der Waals surface area contributed by atoms with Crippen molar-refractivity contribution < 1.29 is 4.79 Å². The van der Waals surface area contributed by atoms with Crippen LogP contribution in [0.3, 0.4) is 0 Å². The first-order chi connectivity index (χ1) is 7.83. The maximum absolute atomic E-state index is 11.4. The number of nitrogens with one attached hydrogen (secondary N) is 2. The molecule has 0 fully saturated rings. The number of amides is 1. The second-order valence-electron chi connectivity index (χ2n) is 3.66. The summed E-state index contributed by atoms with van der Waals surface area (Å²) in [6, 6.07) is 3.88. The number of pyridine rings is 1. The van der Waals surface area contributed by atoms with Crippen LogP contribution in [0.4, 0.5) is 0 Å². The molecule has 1 rings (SSSR count). The van der Waals surface area contributed by atoms with E-state index in [2.05, 4.69) is 15.6 Å². The number of carbonyl (C=O) groups is 1. The average molecular weight is 221 g/mol. The van der Waals surface area contributed by atoms with Gasteiger partial charge in [0.1, 0.15) is 0 Å². The molecule has 1 aromatic heterocycles. The molecule has 0 aliphatic carbocycles. The van der Waals surface area contributed by atoms with Gasteiger partial charge in [0.05, 0.1) is 0 Å². The number of rotatable bonds is 7. The highest BCUT2D eigenvalue weighted by molar-refractivity contribution is 5.76. The topological polar surface area (TPSA) is 54.0 Å². The Morgan fingerprint density at radius 3 is 2.75 bits per heavy atom. The van der Waals surface area contributed by atoms with Gasteiger partial charge in [-0.25, -0.2) is 0 Å². The average Bonchev–Trinajstić information content (AvgIpc) is 2.33. The van der Waals surface area contributed by atoms with Crippen molar-refractivity contribution in [3.05, 3.63) is 30.1 Å². The van der Waals surface area contributed by atoms with E-state index in [1.165, 1.54) is 0 Å². The highest BCUT2D eigenvalue weighted by atomic mass is 16.1. The number of carbonyl (C=O) groups excluding carboxylic acids is 1. The van der Waals surface area contributed by atoms with E-state index in [0.29, 0.717) is 6.42 Å². The van der Waals surface area contributed by atoms with Crippen LogP contribution in [0.1, 0.15) is 18.4 Å². The van der Waals surface area contributed by atoms with Gasteiger partial charge in [-0.2, -0.15) is 0 Å². The fraction of sp³-hybridized carbons (Fsp3) is 0.500. The predicted molar refractivity (Wildman–Crippen MR) is 64.1 cm³/mol. The van der Waals surface area contributed by atoms with Gasteiger partial charge >= 0.3 is 0 Å². The molecule has 0 unspecified atom stereocenters. The largest absolute Gasteiger partial charge is 0.356 e. The van der Waals surface area contributed by atoms with Crippen molar-refractivity contribution in [1.29, 1.82) is 0 Å². The first-order valence-corrected chi connectivity index (χ1v) is 5.63. The van der Waals surface area contributed by atoms with Gasteiger partial charge in [-0.1, -0.05) is 0 Å². The van der Waals surface area contributed by atoms with Crippen molar-refractivity contribution in [3.8, 4) is 0 Å². The van der Waals surface area contributed by atoms with E-state index in [1.54, 1.807) is 12.4 Å². The number of nitrogens with zero attached hydrogens (tertiary/aromatic N) is 1. The molecule has 2 N–H and O–H groups in total. The normalized spacial score (nSPS) is 10.1. The molecule has 0 aliphatic rings. The summed E-state index contributed by atoms with van der Waals surface area (Å²) in [4.78, 5) is 15.4. The lowest BCUT2D eigenvalue weighted by atomic mass is 10.1. The number of hydrogen-bond donors (Lipinski definition) is 2. The Kier molecular flexibility index (Phi) is 6.18. The van der Waals surface area contributed by atoms with Crippen molar-refractivity contribution in [2.24, 2.45) is 0 Å². The van der Waals surface area contributed by atoms with E-state index in [9.17, 15) is 4.79 Å². The number of aromatic nitrogens is 1. The molecule has 4 heteroatoms. The summed E-state index contributed by atoms with van der Waals surface area (Å²) >= 11 is 0. The van der Waals surface area contributed by atoms with E-state index >= 15 is 0 Å². The van der Waals surface area contributed by atoms with Crippen LogP contribution in [-0.4, -0.2) is 31.0 Å². The molecule has 1 aromatic rings. The summed E-state index contributed by atoms with van der Waals surface area (Å²) in [6.45, 7) is 1.68. The molecular weight excluding hydrogens is 202 g/mol. The van der Waals surface area contributed by atoms with E-state index in [0.717, 1.165) is 31.5 Å². The minimum Gasteiger partial charge on any atom is -0.356 e. The maximum atomic E-state index is 11.4. The quantitative estimate of drug-likeness (QED) is 0.668. The van der Waals surface area contributed by atoms with Gasteiger partial charge in [-0.3, -0.25) is 9.78 Å². The Morgan fingerprint density at radius 1 is 1.31 bits per heavy atom. The summed E-state index contributed by atoms with van der Waals surface area (Å²) in [5.74, 6) is 0.118. The second-order valence-corrected chi connectivity index (χ2v) is 3.66. The van der Waals surface area contributed by atoms with Crippen LogP contribution in [0.15, 0.2) is 24.5 Å². The number of aryl methyl sites for hydroxylation is 1. The summed E-state index contributed by atoms with van der Waals surface area (Å²) in [5.41, 5.74) is 1.15. The summed E-state index contributed by atoms with van der Waals surface area (Å²) in [5, 5.41) is 5.93. The fourth-order valence-corrected chi connectivity index (χ4v) is 1.39. The van der Waals surface area contributed by atoms with Crippen molar-refractivity contribution >= 4 is 5.91 Å². The Morgan fingerprint density at radius 2 is 2.06 bits per heavy atom. The maximum Gasteiger partial charge on any atom is 0.220 e. The monoisotopic (exact) mass is 221 g/mol. The third-order valence-corrected chi connectivity index (χ3v) is 2.32. The van der Waals surface area contributed by atoms with Crippen LogP contribution < -0.4 is 10.6 Å². The molecule has 0 saturated carbocycles. The highest BCUT2D eigenvalue weighted by Crippen LogP contribution is 2.00. The smallest absolute Gasteiger partial charge is 0.220 e. The molecule has 1 heterocycles. The van der Waals surface area contributed by atoms with Crippen molar-refractivity contribution in [2.75, 3.05) is 20.1 Å². The zero-order valence-corrected chi connectivity index (χ0v) is 9.70.